The summed E-state index contributed by atoms with van der Waals surface area (Å²) in [4.78, 5) is 17.4. The normalized spacial score (nSPS) is 10.6. The Balaban J connectivity index is -0.0000000350. The van der Waals surface area contributed by atoms with Crippen molar-refractivity contribution in [2.24, 2.45) is 35.5 Å². The summed E-state index contributed by atoms with van der Waals surface area (Å²) in [5.74, 6) is 3.61. The van der Waals surface area contributed by atoms with Gasteiger partial charge >= 0.3 is 0 Å². The minimum atomic E-state index is 0. The van der Waals surface area contributed by atoms with Crippen LogP contribution in [0.3, 0.4) is 0 Å². The molecule has 0 spiro atoms. The molecule has 0 aliphatic rings. The Labute approximate surface area is 267 Å². The number of carbonyl (C=O) groups is 1. The number of nitrogens with zero attached hydrogens (tertiary/aromatic N) is 2. The van der Waals surface area contributed by atoms with Crippen LogP contribution >= 0.6 is 12.4 Å². The van der Waals surface area contributed by atoms with Crippen LogP contribution in [0.15, 0.2) is 0 Å². The number of Topliss-reactive ketones (excluding diaryl/α,β-unsaturated/α-hetero) is 1. The highest BCUT2D eigenvalue weighted by Crippen LogP contribution is 2.15. The van der Waals surface area contributed by atoms with Gasteiger partial charge in [0.1, 0.15) is 5.78 Å². The molecule has 9 heteroatoms. The van der Waals surface area contributed by atoms with E-state index < -0.39 is 0 Å². The maximum atomic E-state index is 10.8. The Morgan fingerprint density at radius 1 is 0.675 bits per heavy atom. The number of nitrogens with one attached hydrogen (secondary N) is 1. The fourth-order valence-corrected chi connectivity index (χ4v) is 3.33. The quantitative estimate of drug-likeness (QED) is 0.167. The second-order valence-corrected chi connectivity index (χ2v) is 10.8. The van der Waals surface area contributed by atoms with Crippen molar-refractivity contribution in [1.29, 1.82) is 5.41 Å². The lowest BCUT2D eigenvalue weighted by Crippen LogP contribution is -2.15. The first-order valence-corrected chi connectivity index (χ1v) is 13.8. The first-order valence-electron chi connectivity index (χ1n) is 13.8. The van der Waals surface area contributed by atoms with E-state index >= 15 is 0 Å². The molecular weight excluding hydrogens is 509 g/mol. The molecule has 0 heterocycles. The number of rotatable bonds is 9. The molecule has 0 aromatic carbocycles. The number of carbonyl (C=O) groups excluding carboxylic acids is 1. The minimum absolute atomic E-state index is 0. The van der Waals surface area contributed by atoms with Gasteiger partial charge in [-0.1, -0.05) is 90.0 Å². The lowest BCUT2D eigenvalue weighted by molar-refractivity contribution is -0.122. The molecule has 0 aliphatic heterocycles. The van der Waals surface area contributed by atoms with Gasteiger partial charge in [-0.25, -0.2) is 13.1 Å². The number of hydrogen-bond donors (Lipinski definition) is 1. The van der Waals surface area contributed by atoms with E-state index in [0.717, 1.165) is 37.3 Å². The lowest BCUT2D eigenvalue weighted by Gasteiger charge is -2.16. The Kier molecular flexibility index (Phi) is 79.7. The molecule has 4 nitrogen and oxygen atoms in total. The van der Waals surface area contributed by atoms with Crippen molar-refractivity contribution < 1.29 is 4.79 Å². The third kappa shape index (κ3) is 56.9. The van der Waals surface area contributed by atoms with Crippen LogP contribution in [0.25, 0.3) is 9.69 Å². The summed E-state index contributed by atoms with van der Waals surface area (Å²) < 4.78 is 0. The summed E-state index contributed by atoms with van der Waals surface area (Å²) in [5, 5.41) is 7.38. The Hall–Kier alpha value is -1.13. The van der Waals surface area contributed by atoms with Gasteiger partial charge in [-0.15, -0.1) is 12.4 Å². The second-order valence-electron chi connectivity index (χ2n) is 10.8. The molecule has 0 saturated carbocycles. The van der Waals surface area contributed by atoms with Crippen LogP contribution in [0.4, 0.5) is 0 Å². The standard InChI is InChI=1S/C8H17N.C8H16O.C7H13N.C4H7N.C4H10.4B.ClH/c2*1-5-8(6(2)3)7(4)9;1-5-7(8-4)6(2)3;1-3-4-5-2;1-4(2)3;;;;;/h6,8-9H,5H2,1-4H3;6,8H,5H2,1-4H3;6-7H,5H2,1-3H3;3-4H2,1H3;4H,1-3H3;;;;;1H. The monoisotopic (exact) mass is 574 g/mol. The maximum absolute atomic E-state index is 10.8. The molecule has 12 radical (unpaired) electrons. The van der Waals surface area contributed by atoms with E-state index in [2.05, 4.69) is 92.8 Å². The molecule has 0 rings (SSSR count). The van der Waals surface area contributed by atoms with Gasteiger partial charge in [0.05, 0.1) is 0 Å². The van der Waals surface area contributed by atoms with Gasteiger partial charge < -0.3 is 15.1 Å². The van der Waals surface area contributed by atoms with E-state index in [1.54, 1.807) is 6.92 Å². The summed E-state index contributed by atoms with van der Waals surface area (Å²) in [5.41, 5.74) is 0.826. The highest BCUT2D eigenvalue weighted by molar-refractivity contribution is 5.85. The minimum Gasteiger partial charge on any atom is -0.317 e. The molecular formula is C31H64B4ClN3O. The van der Waals surface area contributed by atoms with Crippen molar-refractivity contribution in [2.45, 2.75) is 136 Å². The van der Waals surface area contributed by atoms with Gasteiger partial charge in [0.15, 0.2) is 0 Å². The fraction of sp³-hybridized carbons (Fsp3) is 0.871. The molecule has 0 aromatic heterocycles. The molecule has 0 fully saturated rings. The number of halogens is 1. The molecule has 0 saturated heterocycles. The molecule has 228 valence electrons. The third-order valence-corrected chi connectivity index (χ3v) is 5.26. The smallest absolute Gasteiger partial charge is 0.225 e. The van der Waals surface area contributed by atoms with E-state index in [4.69, 9.17) is 18.6 Å². The maximum Gasteiger partial charge on any atom is 0.225 e. The van der Waals surface area contributed by atoms with Crippen molar-refractivity contribution in [3.8, 4) is 0 Å². The van der Waals surface area contributed by atoms with Gasteiger partial charge in [-0.3, -0.25) is 4.79 Å². The van der Waals surface area contributed by atoms with Crippen LogP contribution in [0.5, 0.6) is 0 Å². The van der Waals surface area contributed by atoms with Gasteiger partial charge in [0.25, 0.3) is 0 Å². The van der Waals surface area contributed by atoms with Crippen LogP contribution in [-0.2, 0) is 4.79 Å². The molecule has 0 aliphatic carbocycles. The van der Waals surface area contributed by atoms with Crippen molar-refractivity contribution in [1.82, 2.24) is 0 Å². The number of hydrogen-bond acceptors (Lipinski definition) is 2. The molecule has 3 unspecified atom stereocenters. The topological polar surface area (TPSA) is 49.6 Å². The summed E-state index contributed by atoms with van der Waals surface area (Å²) >= 11 is 0. The van der Waals surface area contributed by atoms with E-state index in [1.165, 1.54) is 0 Å². The van der Waals surface area contributed by atoms with Crippen molar-refractivity contribution >= 4 is 57.6 Å². The Morgan fingerprint density at radius 3 is 1.00 bits per heavy atom. The zero-order valence-electron chi connectivity index (χ0n) is 29.1. The van der Waals surface area contributed by atoms with Gasteiger partial charge in [0.2, 0.25) is 12.6 Å². The van der Waals surface area contributed by atoms with Gasteiger partial charge in [0, 0.05) is 64.0 Å². The van der Waals surface area contributed by atoms with E-state index in [0.29, 0.717) is 36.0 Å². The van der Waals surface area contributed by atoms with E-state index in [9.17, 15) is 4.79 Å². The highest BCUT2D eigenvalue weighted by atomic mass is 35.5. The molecule has 0 amide bonds. The van der Waals surface area contributed by atoms with Crippen LogP contribution in [0.1, 0.15) is 130 Å². The summed E-state index contributed by atoms with van der Waals surface area (Å²) in [6.45, 7) is 44.7. The largest absolute Gasteiger partial charge is 0.317 e. The third-order valence-electron chi connectivity index (χ3n) is 5.26. The zero-order valence-corrected chi connectivity index (χ0v) is 29.9. The van der Waals surface area contributed by atoms with E-state index in [1.807, 2.05) is 13.8 Å². The predicted molar refractivity (Wildman–Crippen MR) is 189 cm³/mol. The Morgan fingerprint density at radius 2 is 1.00 bits per heavy atom. The van der Waals surface area contributed by atoms with Crippen LogP contribution in [0, 0.1) is 54.1 Å². The zero-order chi connectivity index (χ0) is 29.1. The van der Waals surface area contributed by atoms with Crippen LogP contribution in [-0.4, -0.2) is 57.7 Å². The van der Waals surface area contributed by atoms with Crippen molar-refractivity contribution in [2.75, 3.05) is 6.54 Å². The predicted octanol–water partition coefficient (Wildman–Crippen LogP) is 9.18. The average Bonchev–Trinajstić information content (AvgIpc) is 2.70. The van der Waals surface area contributed by atoms with Crippen LogP contribution < -0.4 is 0 Å². The van der Waals surface area contributed by atoms with Gasteiger partial charge in [-0.05, 0) is 50.4 Å². The first kappa shape index (κ1) is 66.9. The summed E-state index contributed by atoms with van der Waals surface area (Å²) in [6.07, 6.45) is 4.06. The summed E-state index contributed by atoms with van der Waals surface area (Å²) in [6, 6.07) is 0.245. The molecule has 3 atom stereocenters. The number of ketones is 1. The lowest BCUT2D eigenvalue weighted by atomic mass is 9.89. The summed E-state index contributed by atoms with van der Waals surface area (Å²) in [7, 11) is 0. The van der Waals surface area contributed by atoms with Crippen LogP contribution in [0.2, 0.25) is 0 Å². The van der Waals surface area contributed by atoms with E-state index in [-0.39, 0.29) is 58.0 Å². The first-order chi connectivity index (χ1) is 16.0. The Bertz CT molecular complexity index is 547. The fourth-order valence-electron chi connectivity index (χ4n) is 3.33. The molecule has 1 N–H and O–H groups in total. The SMILES string of the molecule is CC(C)C.CCC(C(C)=N)C(C)C.CCC(C(C)=O)C(C)C.Cl.[B].[B].[B].[B].[C-]#[N+]C(CC)C(C)C.[C-]#[N+]CCC. The molecule has 40 heavy (non-hydrogen) atoms. The molecule has 0 bridgehead atoms. The van der Waals surface area contributed by atoms with Crippen molar-refractivity contribution in [3.05, 3.63) is 22.8 Å². The van der Waals surface area contributed by atoms with Crippen molar-refractivity contribution in [3.63, 3.8) is 0 Å². The average molecular weight is 574 g/mol. The highest BCUT2D eigenvalue weighted by Gasteiger charge is 2.15. The molecule has 0 aromatic rings. The second kappa shape index (κ2) is 47.6. The van der Waals surface area contributed by atoms with Gasteiger partial charge in [-0.2, -0.15) is 0 Å².